The number of thiol groups is 1. The normalized spacial score (nSPS) is 9.05. The van der Waals surface area contributed by atoms with Crippen molar-refractivity contribution in [1.29, 1.82) is 5.26 Å². The van der Waals surface area contributed by atoms with Gasteiger partial charge in [-0.1, -0.05) is 52.3 Å². The van der Waals surface area contributed by atoms with Crippen LogP contribution in [0.4, 0.5) is 0 Å². The van der Waals surface area contributed by atoms with Crippen LogP contribution >= 0.6 is 12.6 Å². The summed E-state index contributed by atoms with van der Waals surface area (Å²) in [5.41, 5.74) is 1.37. The lowest BCUT2D eigenvalue weighted by Crippen LogP contribution is -2.21. The highest BCUT2D eigenvalue weighted by molar-refractivity contribution is 7.80. The molecule has 0 fully saturated rings. The van der Waals surface area contributed by atoms with Gasteiger partial charge in [-0.2, -0.15) is 5.26 Å². The number of aryl methyl sites for hydroxylation is 1. The van der Waals surface area contributed by atoms with Gasteiger partial charge in [0.05, 0.1) is 6.07 Å². The summed E-state index contributed by atoms with van der Waals surface area (Å²) in [4.78, 5) is 3.50. The minimum Gasteiger partial charge on any atom is -0.304 e. The lowest BCUT2D eigenvalue weighted by molar-refractivity contribution is 0.321. The number of nitrogens with zero attached hydrogens (tertiary/aromatic N) is 2. The van der Waals surface area contributed by atoms with Gasteiger partial charge in [-0.15, -0.1) is 12.6 Å². The standard InChI is InChI=1S/C10H14S.C6H15N.C2H3N/c1-2-3-6-9-7-4-5-8-10(9)11;1-4-7(5-2)6-3;1-2-3/h4-5,7-8,11H,2-3,6H2,1H3;4-6H2,1-3H3;1H3. The topological polar surface area (TPSA) is 27.0 Å². The van der Waals surface area contributed by atoms with Crippen LogP contribution in [-0.2, 0) is 6.42 Å². The Kier molecular flexibility index (Phi) is 18.1. The third-order valence-electron chi connectivity index (χ3n) is 3.13. The van der Waals surface area contributed by atoms with E-state index < -0.39 is 0 Å². The second-order valence-electron chi connectivity index (χ2n) is 4.58. The van der Waals surface area contributed by atoms with Gasteiger partial charge in [-0.25, -0.2) is 0 Å². The number of rotatable bonds is 6. The Hall–Kier alpha value is -0.980. The fraction of sp³-hybridized carbons (Fsp3) is 0.611. The van der Waals surface area contributed by atoms with Crippen molar-refractivity contribution in [3.05, 3.63) is 29.8 Å². The van der Waals surface area contributed by atoms with Gasteiger partial charge in [0, 0.05) is 11.8 Å². The minimum atomic E-state index is 1.13. The van der Waals surface area contributed by atoms with Crippen molar-refractivity contribution >= 4 is 12.6 Å². The summed E-state index contributed by atoms with van der Waals surface area (Å²) < 4.78 is 0. The first-order valence-electron chi connectivity index (χ1n) is 7.91. The largest absolute Gasteiger partial charge is 0.304 e. The van der Waals surface area contributed by atoms with Gasteiger partial charge < -0.3 is 4.90 Å². The van der Waals surface area contributed by atoms with E-state index in [1.165, 1.54) is 45.0 Å². The van der Waals surface area contributed by atoms with E-state index in [2.05, 4.69) is 57.4 Å². The molecular weight excluding hydrogens is 276 g/mol. The van der Waals surface area contributed by atoms with Crippen LogP contribution in [0.15, 0.2) is 29.2 Å². The number of hydrogen-bond acceptors (Lipinski definition) is 3. The van der Waals surface area contributed by atoms with E-state index in [1.807, 2.05) is 12.1 Å². The van der Waals surface area contributed by atoms with Crippen LogP contribution < -0.4 is 0 Å². The molecule has 0 saturated heterocycles. The average molecular weight is 309 g/mol. The Labute approximate surface area is 137 Å². The first-order valence-corrected chi connectivity index (χ1v) is 8.35. The van der Waals surface area contributed by atoms with Crippen LogP contribution in [-0.4, -0.2) is 24.5 Å². The molecule has 0 bridgehead atoms. The maximum absolute atomic E-state index is 7.32. The first-order chi connectivity index (χ1) is 10.1. The number of hydrogen-bond donors (Lipinski definition) is 1. The molecule has 1 aromatic carbocycles. The summed E-state index contributed by atoms with van der Waals surface area (Å²) >= 11 is 4.37. The maximum Gasteiger partial charge on any atom is 0.0587 e. The van der Waals surface area contributed by atoms with Crippen LogP contribution in [0, 0.1) is 11.3 Å². The van der Waals surface area contributed by atoms with Crippen LogP contribution in [0.1, 0.15) is 53.0 Å². The lowest BCUT2D eigenvalue weighted by atomic mass is 10.1. The van der Waals surface area contributed by atoms with Gasteiger partial charge in [0.15, 0.2) is 0 Å². The van der Waals surface area contributed by atoms with Crippen LogP contribution in [0.25, 0.3) is 0 Å². The Balaban J connectivity index is 0. The van der Waals surface area contributed by atoms with Crippen molar-refractivity contribution in [3.8, 4) is 6.07 Å². The van der Waals surface area contributed by atoms with Crippen molar-refractivity contribution in [2.24, 2.45) is 0 Å². The highest BCUT2D eigenvalue weighted by Crippen LogP contribution is 2.14. The molecule has 0 unspecified atom stereocenters. The summed E-state index contributed by atoms with van der Waals surface area (Å²) in [5.74, 6) is 0. The molecule has 0 aliphatic carbocycles. The SMILES string of the molecule is CC#N.CCCCc1ccccc1S.CCN(CC)CC. The zero-order chi connectivity index (χ0) is 16.5. The van der Waals surface area contributed by atoms with Crippen molar-refractivity contribution in [2.75, 3.05) is 19.6 Å². The van der Waals surface area contributed by atoms with Gasteiger partial charge in [0.2, 0.25) is 0 Å². The quantitative estimate of drug-likeness (QED) is 0.732. The van der Waals surface area contributed by atoms with E-state index in [9.17, 15) is 0 Å². The van der Waals surface area contributed by atoms with Crippen molar-refractivity contribution in [3.63, 3.8) is 0 Å². The molecule has 1 rings (SSSR count). The summed E-state index contributed by atoms with van der Waals surface area (Å²) in [7, 11) is 0. The third-order valence-corrected chi connectivity index (χ3v) is 3.57. The summed E-state index contributed by atoms with van der Waals surface area (Å²) in [6.45, 7) is 13.8. The van der Waals surface area contributed by atoms with Gasteiger partial charge in [-0.05, 0) is 44.1 Å². The molecule has 0 saturated carbocycles. The summed E-state index contributed by atoms with van der Waals surface area (Å²) in [6, 6.07) is 10.1. The fourth-order valence-corrected chi connectivity index (χ4v) is 2.03. The highest BCUT2D eigenvalue weighted by atomic mass is 32.1. The van der Waals surface area contributed by atoms with Crippen molar-refractivity contribution < 1.29 is 0 Å². The molecule has 0 amide bonds. The predicted molar refractivity (Wildman–Crippen MR) is 97.1 cm³/mol. The molecule has 0 heterocycles. The van der Waals surface area contributed by atoms with E-state index in [4.69, 9.17) is 5.26 Å². The van der Waals surface area contributed by atoms with E-state index in [1.54, 1.807) is 6.07 Å². The van der Waals surface area contributed by atoms with E-state index in [0.717, 1.165) is 11.3 Å². The molecular formula is C18H32N2S. The molecule has 0 aromatic heterocycles. The van der Waals surface area contributed by atoms with E-state index >= 15 is 0 Å². The van der Waals surface area contributed by atoms with Crippen molar-refractivity contribution in [2.45, 2.75) is 58.8 Å². The zero-order valence-electron chi connectivity index (χ0n) is 14.4. The molecule has 0 aliphatic heterocycles. The number of benzene rings is 1. The summed E-state index contributed by atoms with van der Waals surface area (Å²) in [6.07, 6.45) is 3.68. The molecule has 2 nitrogen and oxygen atoms in total. The molecule has 0 N–H and O–H groups in total. The van der Waals surface area contributed by atoms with Gasteiger partial charge in [-0.3, -0.25) is 0 Å². The second kappa shape index (κ2) is 17.1. The molecule has 120 valence electrons. The fourth-order valence-electron chi connectivity index (χ4n) is 1.76. The van der Waals surface area contributed by atoms with Gasteiger partial charge in [0.1, 0.15) is 0 Å². The third kappa shape index (κ3) is 13.7. The minimum absolute atomic E-state index is 1.13. The van der Waals surface area contributed by atoms with Crippen molar-refractivity contribution in [1.82, 2.24) is 4.90 Å². The first kappa shape index (κ1) is 22.3. The Morgan fingerprint density at radius 1 is 1.05 bits per heavy atom. The van der Waals surface area contributed by atoms with Crippen LogP contribution in [0.3, 0.4) is 0 Å². The average Bonchev–Trinajstić information content (AvgIpc) is 2.50. The summed E-state index contributed by atoms with van der Waals surface area (Å²) in [5, 5.41) is 7.32. The number of unbranched alkanes of at least 4 members (excludes halogenated alkanes) is 1. The molecule has 1 aromatic rings. The Bertz CT molecular complexity index is 362. The molecule has 0 aliphatic rings. The number of nitriles is 1. The van der Waals surface area contributed by atoms with E-state index in [0.29, 0.717) is 0 Å². The molecule has 21 heavy (non-hydrogen) atoms. The van der Waals surface area contributed by atoms with Crippen LogP contribution in [0.5, 0.6) is 0 Å². The molecule has 3 heteroatoms. The Morgan fingerprint density at radius 2 is 1.52 bits per heavy atom. The van der Waals surface area contributed by atoms with Crippen LogP contribution in [0.2, 0.25) is 0 Å². The molecule has 0 radical (unpaired) electrons. The predicted octanol–water partition coefficient (Wildman–Crippen LogP) is 5.20. The second-order valence-corrected chi connectivity index (χ2v) is 5.06. The lowest BCUT2D eigenvalue weighted by Gasteiger charge is -2.13. The van der Waals surface area contributed by atoms with Gasteiger partial charge >= 0.3 is 0 Å². The Morgan fingerprint density at radius 3 is 1.86 bits per heavy atom. The molecule has 0 atom stereocenters. The smallest absolute Gasteiger partial charge is 0.0587 e. The van der Waals surface area contributed by atoms with E-state index in [-0.39, 0.29) is 0 Å². The highest BCUT2D eigenvalue weighted by Gasteiger charge is 1.95. The maximum atomic E-state index is 7.32. The molecule has 0 spiro atoms. The zero-order valence-corrected chi connectivity index (χ0v) is 15.3. The monoisotopic (exact) mass is 308 g/mol. The van der Waals surface area contributed by atoms with Gasteiger partial charge in [0.25, 0.3) is 0 Å².